The zero-order valence-electron chi connectivity index (χ0n) is 9.25. The van der Waals surface area contributed by atoms with Crippen LogP contribution < -0.4 is 11.3 Å². The first-order valence-corrected chi connectivity index (χ1v) is 7.02. The average molecular weight is 278 g/mol. The van der Waals surface area contributed by atoms with Gasteiger partial charge in [-0.1, -0.05) is 35.2 Å². The van der Waals surface area contributed by atoms with E-state index in [9.17, 15) is 0 Å². The number of para-hydroxylation sites is 2. The summed E-state index contributed by atoms with van der Waals surface area (Å²) in [5, 5.41) is 10.3. The number of nitrogen functional groups attached to an aromatic ring is 1. The Balaban J connectivity index is 1.72. The Morgan fingerprint density at radius 2 is 2.22 bits per heavy atom. The van der Waals surface area contributed by atoms with Crippen molar-refractivity contribution in [2.45, 2.75) is 10.9 Å². The lowest BCUT2D eigenvalue weighted by atomic mass is 10.3. The van der Waals surface area contributed by atoms with Gasteiger partial charge in [-0.15, -0.1) is 10.2 Å². The van der Waals surface area contributed by atoms with Crippen LogP contribution in [0.4, 0.5) is 5.13 Å². The van der Waals surface area contributed by atoms with E-state index in [-0.39, 0.29) is 0 Å². The fourth-order valence-electron chi connectivity index (χ4n) is 1.50. The molecule has 0 aliphatic rings. The fourth-order valence-corrected chi connectivity index (χ4v) is 3.02. The normalized spacial score (nSPS) is 10.9. The maximum absolute atomic E-state index is 5.25. The summed E-state index contributed by atoms with van der Waals surface area (Å²) in [4.78, 5) is 7.73. The minimum atomic E-state index is 0.621. The first-order chi connectivity index (χ1) is 8.85. The largest absolute Gasteiger partial charge is 0.333 e. The van der Waals surface area contributed by atoms with Crippen molar-refractivity contribution in [2.75, 3.05) is 5.43 Å². The number of imidazole rings is 1. The number of thioether (sulfide) groups is 1. The molecule has 8 heteroatoms. The zero-order valence-corrected chi connectivity index (χ0v) is 10.9. The van der Waals surface area contributed by atoms with Crippen LogP contribution in [0.3, 0.4) is 0 Å². The van der Waals surface area contributed by atoms with E-state index < -0.39 is 0 Å². The van der Waals surface area contributed by atoms with E-state index >= 15 is 0 Å². The molecule has 0 radical (unpaired) electrons. The van der Waals surface area contributed by atoms with Gasteiger partial charge in [0.05, 0.1) is 16.8 Å². The highest BCUT2D eigenvalue weighted by Gasteiger charge is 2.06. The topological polar surface area (TPSA) is 92.5 Å². The van der Waals surface area contributed by atoms with Crippen LogP contribution in [0.1, 0.15) is 5.01 Å². The summed E-state index contributed by atoms with van der Waals surface area (Å²) in [6.07, 6.45) is 0. The van der Waals surface area contributed by atoms with Crippen LogP contribution in [0.15, 0.2) is 29.4 Å². The summed E-state index contributed by atoms with van der Waals surface area (Å²) in [5.74, 6) is 5.98. The predicted octanol–water partition coefficient (Wildman–Crippen LogP) is 1.99. The molecule has 4 N–H and O–H groups in total. The van der Waals surface area contributed by atoms with Crippen LogP contribution >= 0.6 is 23.1 Å². The summed E-state index contributed by atoms with van der Waals surface area (Å²) in [5.41, 5.74) is 4.50. The summed E-state index contributed by atoms with van der Waals surface area (Å²) in [7, 11) is 0. The highest BCUT2D eigenvalue weighted by atomic mass is 32.2. The second-order valence-corrected chi connectivity index (χ2v) is 5.52. The molecular formula is C10H10N6S2. The molecule has 0 aliphatic carbocycles. The number of nitrogens with two attached hydrogens (primary N) is 1. The van der Waals surface area contributed by atoms with Crippen LogP contribution in [-0.4, -0.2) is 20.2 Å². The maximum Gasteiger partial charge on any atom is 0.219 e. The third kappa shape index (κ3) is 2.30. The average Bonchev–Trinajstić information content (AvgIpc) is 3.02. The van der Waals surface area contributed by atoms with E-state index in [4.69, 9.17) is 5.84 Å². The number of fused-ring (bicyclic) bond motifs is 1. The van der Waals surface area contributed by atoms with Gasteiger partial charge < -0.3 is 4.98 Å². The molecule has 0 saturated carbocycles. The first-order valence-electron chi connectivity index (χ1n) is 5.22. The lowest BCUT2D eigenvalue weighted by Crippen LogP contribution is -2.05. The Kier molecular flexibility index (Phi) is 3.13. The summed E-state index contributed by atoms with van der Waals surface area (Å²) >= 11 is 3.03. The van der Waals surface area contributed by atoms with Crippen molar-refractivity contribution >= 4 is 39.3 Å². The fraction of sp³-hybridized carbons (Fsp3) is 0.100. The number of hydrogen-bond acceptors (Lipinski definition) is 7. The lowest BCUT2D eigenvalue weighted by Gasteiger charge is -1.91. The molecule has 0 unspecified atom stereocenters. The molecule has 2 heterocycles. The maximum atomic E-state index is 5.25. The van der Waals surface area contributed by atoms with Gasteiger partial charge in [-0.05, 0) is 12.1 Å². The van der Waals surface area contributed by atoms with Crippen LogP contribution in [0.25, 0.3) is 11.0 Å². The highest BCUT2D eigenvalue weighted by molar-refractivity contribution is 7.98. The summed E-state index contributed by atoms with van der Waals surface area (Å²) in [6, 6.07) is 7.95. The van der Waals surface area contributed by atoms with Gasteiger partial charge in [0, 0.05) is 0 Å². The number of hydrogen-bond donors (Lipinski definition) is 3. The van der Waals surface area contributed by atoms with Crippen molar-refractivity contribution < 1.29 is 0 Å². The highest BCUT2D eigenvalue weighted by Crippen LogP contribution is 2.25. The number of benzene rings is 1. The van der Waals surface area contributed by atoms with Crippen LogP contribution in [0.5, 0.6) is 0 Å². The molecule has 2 aromatic heterocycles. The van der Waals surface area contributed by atoms with Crippen molar-refractivity contribution in [2.24, 2.45) is 5.84 Å². The summed E-state index contributed by atoms with van der Waals surface area (Å²) < 4.78 is 0. The van der Waals surface area contributed by atoms with E-state index in [1.165, 1.54) is 11.3 Å². The lowest BCUT2D eigenvalue weighted by molar-refractivity contribution is 1.03. The molecule has 0 amide bonds. The van der Waals surface area contributed by atoms with E-state index in [0.717, 1.165) is 27.0 Å². The number of hydrazine groups is 1. The molecule has 3 aromatic rings. The number of nitrogens with one attached hydrogen (secondary N) is 2. The molecule has 0 fully saturated rings. The number of H-pyrrole nitrogens is 1. The van der Waals surface area contributed by atoms with Gasteiger partial charge in [-0.2, -0.15) is 0 Å². The van der Waals surface area contributed by atoms with Gasteiger partial charge in [-0.3, -0.25) is 5.43 Å². The molecule has 0 saturated heterocycles. The van der Waals surface area contributed by atoms with Gasteiger partial charge >= 0.3 is 0 Å². The van der Waals surface area contributed by atoms with Crippen LogP contribution in [0.2, 0.25) is 0 Å². The van der Waals surface area contributed by atoms with Crippen LogP contribution in [0, 0.1) is 0 Å². The van der Waals surface area contributed by atoms with Gasteiger partial charge in [0.25, 0.3) is 0 Å². The minimum Gasteiger partial charge on any atom is -0.333 e. The monoisotopic (exact) mass is 278 g/mol. The van der Waals surface area contributed by atoms with E-state index in [0.29, 0.717) is 5.13 Å². The second kappa shape index (κ2) is 4.92. The third-order valence-electron chi connectivity index (χ3n) is 2.29. The van der Waals surface area contributed by atoms with Crippen molar-refractivity contribution in [1.29, 1.82) is 0 Å². The predicted molar refractivity (Wildman–Crippen MR) is 73.4 cm³/mol. The van der Waals surface area contributed by atoms with E-state index in [1.807, 2.05) is 24.3 Å². The van der Waals surface area contributed by atoms with Crippen molar-refractivity contribution in [1.82, 2.24) is 20.2 Å². The molecule has 92 valence electrons. The smallest absolute Gasteiger partial charge is 0.219 e. The molecule has 0 aliphatic heterocycles. The van der Waals surface area contributed by atoms with Gasteiger partial charge in [-0.25, -0.2) is 10.8 Å². The Morgan fingerprint density at radius 1 is 1.33 bits per heavy atom. The van der Waals surface area contributed by atoms with Gasteiger partial charge in [0.2, 0.25) is 5.13 Å². The van der Waals surface area contributed by atoms with Gasteiger partial charge in [0.1, 0.15) is 5.01 Å². The standard InChI is InChI=1S/C10H10N6S2/c11-14-10-16-15-8(18-10)5-17-9-12-6-3-1-2-4-7(6)13-9/h1-4H,5,11H2,(H,12,13)(H,14,16). The Bertz CT molecular complexity index is 628. The molecule has 1 aromatic carbocycles. The quantitative estimate of drug-likeness (QED) is 0.384. The van der Waals surface area contributed by atoms with Gasteiger partial charge in [0.15, 0.2) is 5.16 Å². The van der Waals surface area contributed by atoms with E-state index in [2.05, 4.69) is 25.6 Å². The number of nitrogens with zero attached hydrogens (tertiary/aromatic N) is 3. The minimum absolute atomic E-state index is 0.621. The van der Waals surface area contributed by atoms with Crippen molar-refractivity contribution in [3.05, 3.63) is 29.3 Å². The van der Waals surface area contributed by atoms with Crippen molar-refractivity contribution in [3.8, 4) is 0 Å². The Hall–Kier alpha value is -1.64. The molecule has 0 bridgehead atoms. The second-order valence-electron chi connectivity index (χ2n) is 3.49. The molecular weight excluding hydrogens is 268 g/mol. The molecule has 3 rings (SSSR count). The molecule has 6 nitrogen and oxygen atoms in total. The zero-order chi connectivity index (χ0) is 12.4. The third-order valence-corrected chi connectivity index (χ3v) is 4.21. The number of aromatic amines is 1. The first kappa shape index (κ1) is 11.5. The van der Waals surface area contributed by atoms with Crippen molar-refractivity contribution in [3.63, 3.8) is 0 Å². The van der Waals surface area contributed by atoms with E-state index in [1.54, 1.807) is 11.8 Å². The number of anilines is 1. The number of rotatable bonds is 4. The molecule has 18 heavy (non-hydrogen) atoms. The summed E-state index contributed by atoms with van der Waals surface area (Å²) in [6.45, 7) is 0. The Labute approximate surface area is 111 Å². The molecule has 0 spiro atoms. The Morgan fingerprint density at radius 3 is 3.00 bits per heavy atom. The molecule has 0 atom stereocenters. The SMILES string of the molecule is NNc1nnc(CSc2nc3ccccc3[nH]2)s1. The van der Waals surface area contributed by atoms with Crippen LogP contribution in [-0.2, 0) is 5.75 Å². The number of aromatic nitrogens is 4.